The number of methoxy groups -OCH3 is 1. The van der Waals surface area contributed by atoms with Gasteiger partial charge in [-0.25, -0.2) is 0 Å². The number of nitrogens with one attached hydrogen (secondary N) is 2. The number of hydrogen-bond donors (Lipinski definition) is 2. The van der Waals surface area contributed by atoms with Crippen LogP contribution in [-0.2, 0) is 0 Å². The van der Waals surface area contributed by atoms with Gasteiger partial charge in [0.25, 0.3) is 0 Å². The first-order valence-electron chi connectivity index (χ1n) is 5.77. The summed E-state index contributed by atoms with van der Waals surface area (Å²) < 4.78 is 5.36. The molecule has 94 valence electrons. The largest absolute Gasteiger partial charge is 0.496 e. The second kappa shape index (κ2) is 6.45. The monoisotopic (exact) mass is 252 g/mol. The van der Waals surface area contributed by atoms with E-state index in [-0.39, 0.29) is 6.04 Å². The maximum atomic E-state index is 5.36. The van der Waals surface area contributed by atoms with E-state index in [1.54, 1.807) is 7.11 Å². The van der Waals surface area contributed by atoms with E-state index in [4.69, 9.17) is 17.0 Å². The zero-order valence-corrected chi connectivity index (χ0v) is 11.6. The zero-order chi connectivity index (χ0) is 12.8. The van der Waals surface area contributed by atoms with Crippen LogP contribution in [0.3, 0.4) is 0 Å². The minimum absolute atomic E-state index is 0.122. The van der Waals surface area contributed by atoms with Crippen LogP contribution in [0, 0.1) is 6.92 Å². The van der Waals surface area contributed by atoms with Crippen LogP contribution < -0.4 is 15.4 Å². The molecular weight excluding hydrogens is 232 g/mol. The number of hydrogen-bond acceptors (Lipinski definition) is 2. The van der Waals surface area contributed by atoms with Crippen molar-refractivity contribution < 1.29 is 4.74 Å². The molecule has 0 aliphatic carbocycles. The predicted octanol–water partition coefficient (Wildman–Crippen LogP) is 2.55. The van der Waals surface area contributed by atoms with E-state index in [0.717, 1.165) is 17.9 Å². The van der Waals surface area contributed by atoms with Crippen molar-refractivity contribution in [2.45, 2.75) is 26.8 Å². The fourth-order valence-electron chi connectivity index (χ4n) is 1.68. The predicted molar refractivity (Wildman–Crippen MR) is 75.6 cm³/mol. The molecule has 4 heteroatoms. The van der Waals surface area contributed by atoms with E-state index in [0.29, 0.717) is 5.11 Å². The topological polar surface area (TPSA) is 33.3 Å². The van der Waals surface area contributed by atoms with Gasteiger partial charge in [0, 0.05) is 12.1 Å². The number of rotatable bonds is 4. The Morgan fingerprint density at radius 1 is 1.47 bits per heavy atom. The molecule has 0 unspecified atom stereocenters. The van der Waals surface area contributed by atoms with E-state index < -0.39 is 0 Å². The number of benzene rings is 1. The van der Waals surface area contributed by atoms with Crippen molar-refractivity contribution in [3.63, 3.8) is 0 Å². The summed E-state index contributed by atoms with van der Waals surface area (Å²) >= 11 is 5.18. The molecule has 0 aromatic heterocycles. The molecule has 0 saturated heterocycles. The molecule has 1 aromatic carbocycles. The Kier molecular flexibility index (Phi) is 5.22. The van der Waals surface area contributed by atoms with Crippen molar-refractivity contribution in [1.82, 2.24) is 10.6 Å². The molecule has 1 aromatic rings. The third-order valence-corrected chi connectivity index (χ3v) is 2.80. The number of aryl methyl sites for hydroxylation is 1. The summed E-state index contributed by atoms with van der Waals surface area (Å²) in [5.41, 5.74) is 2.33. The number of thiocarbonyl (C=S) groups is 1. The Morgan fingerprint density at radius 2 is 2.18 bits per heavy atom. The van der Waals surface area contributed by atoms with Crippen LogP contribution in [0.15, 0.2) is 18.2 Å². The van der Waals surface area contributed by atoms with Crippen molar-refractivity contribution in [3.8, 4) is 5.75 Å². The first kappa shape index (κ1) is 13.8. The molecule has 0 fully saturated rings. The molecule has 0 heterocycles. The van der Waals surface area contributed by atoms with E-state index in [2.05, 4.69) is 30.5 Å². The highest BCUT2D eigenvalue weighted by Crippen LogP contribution is 2.25. The van der Waals surface area contributed by atoms with Crippen molar-refractivity contribution >= 4 is 17.3 Å². The molecule has 0 aliphatic rings. The highest BCUT2D eigenvalue weighted by molar-refractivity contribution is 7.80. The van der Waals surface area contributed by atoms with Crippen LogP contribution in [0.2, 0.25) is 0 Å². The highest BCUT2D eigenvalue weighted by atomic mass is 32.1. The highest BCUT2D eigenvalue weighted by Gasteiger charge is 2.12. The molecule has 1 rings (SSSR count). The van der Waals surface area contributed by atoms with E-state index >= 15 is 0 Å². The smallest absolute Gasteiger partial charge is 0.166 e. The van der Waals surface area contributed by atoms with Crippen LogP contribution in [0.1, 0.15) is 31.0 Å². The summed E-state index contributed by atoms with van der Waals surface area (Å²) in [5.74, 6) is 0.884. The van der Waals surface area contributed by atoms with Crippen molar-refractivity contribution in [2.75, 3.05) is 13.7 Å². The molecule has 1 atom stereocenters. The maximum Gasteiger partial charge on any atom is 0.166 e. The maximum absolute atomic E-state index is 5.36. The second-order valence-corrected chi connectivity index (χ2v) is 4.38. The van der Waals surface area contributed by atoms with Crippen LogP contribution in [-0.4, -0.2) is 18.8 Å². The molecule has 0 spiro atoms. The third kappa shape index (κ3) is 3.89. The minimum atomic E-state index is 0.122. The third-order valence-electron chi connectivity index (χ3n) is 2.54. The molecular formula is C13H20N2OS. The van der Waals surface area contributed by atoms with Gasteiger partial charge >= 0.3 is 0 Å². The molecule has 0 saturated carbocycles. The van der Waals surface area contributed by atoms with Gasteiger partial charge in [-0.05, 0) is 39.1 Å². The van der Waals surface area contributed by atoms with Gasteiger partial charge in [-0.3, -0.25) is 0 Å². The number of ether oxygens (including phenoxy) is 1. The van der Waals surface area contributed by atoms with Crippen molar-refractivity contribution in [3.05, 3.63) is 29.3 Å². The first-order valence-corrected chi connectivity index (χ1v) is 6.18. The average Bonchev–Trinajstić information content (AvgIpc) is 2.29. The van der Waals surface area contributed by atoms with Gasteiger partial charge in [-0.15, -0.1) is 0 Å². The summed E-state index contributed by atoms with van der Waals surface area (Å²) in [4.78, 5) is 0. The zero-order valence-electron chi connectivity index (χ0n) is 10.8. The van der Waals surface area contributed by atoms with Gasteiger partial charge < -0.3 is 15.4 Å². The van der Waals surface area contributed by atoms with E-state index in [9.17, 15) is 0 Å². The molecule has 3 nitrogen and oxygen atoms in total. The van der Waals surface area contributed by atoms with E-state index in [1.165, 1.54) is 5.56 Å². The van der Waals surface area contributed by atoms with Gasteiger partial charge in [0.1, 0.15) is 5.75 Å². The molecule has 2 N–H and O–H groups in total. The Balaban J connectivity index is 2.83. The Hall–Kier alpha value is -1.29. The van der Waals surface area contributed by atoms with Crippen LogP contribution in [0.25, 0.3) is 0 Å². The van der Waals surface area contributed by atoms with E-state index in [1.807, 2.05) is 19.1 Å². The van der Waals surface area contributed by atoms with Crippen LogP contribution >= 0.6 is 12.2 Å². The summed E-state index contributed by atoms with van der Waals surface area (Å²) in [5, 5.41) is 6.99. The van der Waals surface area contributed by atoms with Gasteiger partial charge in [0.2, 0.25) is 0 Å². The van der Waals surface area contributed by atoms with Crippen molar-refractivity contribution in [1.29, 1.82) is 0 Å². The van der Waals surface area contributed by atoms with Gasteiger partial charge in [-0.2, -0.15) is 0 Å². The lowest BCUT2D eigenvalue weighted by Gasteiger charge is -2.19. The van der Waals surface area contributed by atoms with Gasteiger partial charge in [0.05, 0.1) is 13.2 Å². The summed E-state index contributed by atoms with van der Waals surface area (Å²) in [6.07, 6.45) is 0. The molecule has 0 bridgehead atoms. The second-order valence-electron chi connectivity index (χ2n) is 3.97. The standard InChI is InChI=1S/C13H20N2OS/c1-5-14-13(17)15-10(3)11-8-9(2)6-7-12(11)16-4/h6-8,10H,5H2,1-4H3,(H2,14,15,17)/t10-/m0/s1. The lowest BCUT2D eigenvalue weighted by Crippen LogP contribution is -2.36. The quantitative estimate of drug-likeness (QED) is 0.807. The fourth-order valence-corrected chi connectivity index (χ4v) is 2.00. The molecule has 17 heavy (non-hydrogen) atoms. The van der Waals surface area contributed by atoms with Crippen molar-refractivity contribution in [2.24, 2.45) is 0 Å². The molecule has 0 amide bonds. The average molecular weight is 252 g/mol. The molecule has 0 aliphatic heterocycles. The molecule has 0 radical (unpaired) electrons. The van der Waals surface area contributed by atoms with Gasteiger partial charge in [-0.1, -0.05) is 17.7 Å². The summed E-state index contributed by atoms with van der Waals surface area (Å²) in [6.45, 7) is 6.98. The fraction of sp³-hybridized carbons (Fsp3) is 0.462. The SMILES string of the molecule is CCNC(=S)N[C@@H](C)c1cc(C)ccc1OC. The lowest BCUT2D eigenvalue weighted by atomic mass is 10.0. The summed E-state index contributed by atoms with van der Waals surface area (Å²) in [6, 6.07) is 6.26. The lowest BCUT2D eigenvalue weighted by molar-refractivity contribution is 0.405. The minimum Gasteiger partial charge on any atom is -0.496 e. The summed E-state index contributed by atoms with van der Waals surface area (Å²) in [7, 11) is 1.68. The Bertz CT molecular complexity index is 393. The Labute approximate surface area is 109 Å². The Morgan fingerprint density at radius 3 is 2.76 bits per heavy atom. The van der Waals surface area contributed by atoms with Gasteiger partial charge in [0.15, 0.2) is 5.11 Å². The van der Waals surface area contributed by atoms with Crippen LogP contribution in [0.5, 0.6) is 5.75 Å². The van der Waals surface area contributed by atoms with Crippen LogP contribution in [0.4, 0.5) is 0 Å². The first-order chi connectivity index (χ1) is 8.08. The normalized spacial score (nSPS) is 11.8.